The molecule has 0 spiro atoms. The molecule has 0 bridgehead atoms. The molecule has 30 heavy (non-hydrogen) atoms. The maximum Gasteiger partial charge on any atom is 0.264 e. The molecule has 1 aromatic heterocycles. The molecule has 2 aromatic rings. The minimum Gasteiger partial charge on any atom is -0.491 e. The smallest absolute Gasteiger partial charge is 0.264 e. The number of ether oxygens (including phenoxy) is 3. The highest BCUT2D eigenvalue weighted by Gasteiger charge is 2.40. The molecule has 1 aliphatic heterocycles. The molecule has 0 atom stereocenters. The number of carbonyl (C=O) groups excluding carboxylic acids is 3. The molecule has 0 unspecified atom stereocenters. The lowest BCUT2D eigenvalue weighted by atomic mass is 10.1. The lowest BCUT2D eigenvalue weighted by Crippen LogP contribution is -2.30. The van der Waals surface area contributed by atoms with Crippen LogP contribution in [0.25, 0.3) is 0 Å². The predicted octanol–water partition coefficient (Wildman–Crippen LogP) is 2.01. The minimum absolute atomic E-state index is 0.0343. The Morgan fingerprint density at radius 1 is 1.13 bits per heavy atom. The maximum absolute atomic E-state index is 14.4. The third-order valence-electron chi connectivity index (χ3n) is 4.33. The van der Waals surface area contributed by atoms with Gasteiger partial charge < -0.3 is 19.5 Å². The number of halogens is 1. The van der Waals surface area contributed by atoms with Gasteiger partial charge in [0.25, 0.3) is 17.7 Å². The number of imide groups is 1. The van der Waals surface area contributed by atoms with Gasteiger partial charge in [0.2, 0.25) is 5.91 Å². The summed E-state index contributed by atoms with van der Waals surface area (Å²) in [7, 11) is 2.80. The first-order valence-electron chi connectivity index (χ1n) is 9.05. The van der Waals surface area contributed by atoms with Crippen molar-refractivity contribution in [1.82, 2.24) is 9.88 Å². The average molecular weight is 417 g/mol. The first-order chi connectivity index (χ1) is 14.4. The number of carbonyl (C=O) groups is 3. The van der Waals surface area contributed by atoms with Gasteiger partial charge in [-0.2, -0.15) is 0 Å². The van der Waals surface area contributed by atoms with E-state index in [0.29, 0.717) is 18.1 Å². The van der Waals surface area contributed by atoms with Crippen LogP contribution in [0.1, 0.15) is 33.3 Å². The number of amides is 3. The van der Waals surface area contributed by atoms with E-state index in [1.807, 2.05) is 0 Å². The number of nitrogens with zero attached hydrogens (tertiary/aromatic N) is 2. The Labute approximate surface area is 171 Å². The van der Waals surface area contributed by atoms with Crippen molar-refractivity contribution in [3.05, 3.63) is 46.9 Å². The zero-order valence-corrected chi connectivity index (χ0v) is 16.7. The van der Waals surface area contributed by atoms with Crippen molar-refractivity contribution >= 4 is 23.4 Å². The van der Waals surface area contributed by atoms with Gasteiger partial charge in [0, 0.05) is 7.11 Å². The Hall–Kier alpha value is -3.53. The number of pyridine rings is 1. The summed E-state index contributed by atoms with van der Waals surface area (Å²) in [6.07, 6.45) is 0. The highest BCUT2D eigenvalue weighted by molar-refractivity contribution is 6.24. The second-order valence-corrected chi connectivity index (χ2v) is 6.27. The molecule has 3 rings (SSSR count). The highest BCUT2D eigenvalue weighted by atomic mass is 19.1. The third kappa shape index (κ3) is 3.94. The van der Waals surface area contributed by atoms with Gasteiger partial charge in [-0.3, -0.25) is 19.3 Å². The van der Waals surface area contributed by atoms with Crippen molar-refractivity contribution in [1.29, 1.82) is 0 Å². The summed E-state index contributed by atoms with van der Waals surface area (Å²) in [4.78, 5) is 42.7. The molecule has 0 saturated carbocycles. The number of hydrogen-bond donors (Lipinski definition) is 1. The van der Waals surface area contributed by atoms with Crippen LogP contribution in [0.3, 0.4) is 0 Å². The molecule has 2 heterocycles. The van der Waals surface area contributed by atoms with E-state index in [9.17, 15) is 18.8 Å². The summed E-state index contributed by atoms with van der Waals surface area (Å²) < 4.78 is 29.7. The number of nitrogens with one attached hydrogen (secondary N) is 1. The second-order valence-electron chi connectivity index (χ2n) is 6.27. The molecule has 1 aliphatic rings. The Kier molecular flexibility index (Phi) is 6.26. The van der Waals surface area contributed by atoms with Gasteiger partial charge in [-0.05, 0) is 31.2 Å². The topological polar surface area (TPSA) is 107 Å². The second kappa shape index (κ2) is 8.87. The maximum atomic E-state index is 14.4. The summed E-state index contributed by atoms with van der Waals surface area (Å²) in [6.45, 7) is 1.66. The van der Waals surface area contributed by atoms with E-state index in [2.05, 4.69) is 10.3 Å². The molecular weight excluding hydrogens is 397 g/mol. The molecule has 9 nitrogen and oxygen atoms in total. The number of rotatable bonds is 8. The lowest BCUT2D eigenvalue weighted by molar-refractivity contribution is -0.119. The predicted molar refractivity (Wildman–Crippen MR) is 103 cm³/mol. The van der Waals surface area contributed by atoms with Crippen molar-refractivity contribution in [2.24, 2.45) is 0 Å². The quantitative estimate of drug-likeness (QED) is 0.655. The van der Waals surface area contributed by atoms with Gasteiger partial charge in [-0.25, -0.2) is 9.37 Å². The molecule has 10 heteroatoms. The van der Waals surface area contributed by atoms with Gasteiger partial charge in [0.15, 0.2) is 5.75 Å². The van der Waals surface area contributed by atoms with Crippen LogP contribution in [-0.2, 0) is 16.1 Å². The van der Waals surface area contributed by atoms with Crippen LogP contribution >= 0.6 is 0 Å². The first kappa shape index (κ1) is 21.2. The normalized spacial score (nSPS) is 12.7. The lowest BCUT2D eigenvalue weighted by Gasteiger charge is -2.15. The Balaban J connectivity index is 1.92. The number of methoxy groups -OCH3 is 2. The van der Waals surface area contributed by atoms with Crippen LogP contribution in [0.4, 0.5) is 10.1 Å². The SMILES string of the molecule is CCOc1nc(CN2C(=O)c3c(F)ccc(NC(=O)COC)c3C2=O)ccc1OC. The molecule has 1 N–H and O–H groups in total. The zero-order chi connectivity index (χ0) is 21.8. The van der Waals surface area contributed by atoms with E-state index in [-0.39, 0.29) is 30.3 Å². The van der Waals surface area contributed by atoms with E-state index in [1.165, 1.54) is 20.3 Å². The van der Waals surface area contributed by atoms with Crippen LogP contribution in [-0.4, -0.2) is 55.0 Å². The summed E-state index contributed by atoms with van der Waals surface area (Å²) in [6, 6.07) is 5.43. The van der Waals surface area contributed by atoms with Crippen molar-refractivity contribution in [3.63, 3.8) is 0 Å². The summed E-state index contributed by atoms with van der Waals surface area (Å²) in [5.41, 5.74) is -0.220. The van der Waals surface area contributed by atoms with Crippen LogP contribution in [0.2, 0.25) is 0 Å². The fourth-order valence-corrected chi connectivity index (χ4v) is 3.05. The van der Waals surface area contributed by atoms with Crippen molar-refractivity contribution in [2.45, 2.75) is 13.5 Å². The van der Waals surface area contributed by atoms with Gasteiger partial charge in [0.05, 0.1) is 42.8 Å². The van der Waals surface area contributed by atoms with Crippen LogP contribution in [0.5, 0.6) is 11.6 Å². The molecule has 0 saturated heterocycles. The van der Waals surface area contributed by atoms with Gasteiger partial charge in [0.1, 0.15) is 12.4 Å². The van der Waals surface area contributed by atoms with Gasteiger partial charge in [-0.1, -0.05) is 0 Å². The number of aromatic nitrogens is 1. The van der Waals surface area contributed by atoms with Crippen molar-refractivity contribution in [2.75, 3.05) is 32.8 Å². The van der Waals surface area contributed by atoms with Gasteiger partial charge in [-0.15, -0.1) is 0 Å². The van der Waals surface area contributed by atoms with E-state index < -0.39 is 29.1 Å². The molecule has 158 valence electrons. The van der Waals surface area contributed by atoms with Crippen molar-refractivity contribution in [3.8, 4) is 11.6 Å². The summed E-state index contributed by atoms with van der Waals surface area (Å²) >= 11 is 0. The first-order valence-corrected chi connectivity index (χ1v) is 9.05. The largest absolute Gasteiger partial charge is 0.491 e. The number of benzene rings is 1. The Morgan fingerprint density at radius 2 is 1.87 bits per heavy atom. The number of fused-ring (bicyclic) bond motifs is 1. The fraction of sp³-hybridized carbons (Fsp3) is 0.300. The van der Waals surface area contributed by atoms with E-state index >= 15 is 0 Å². The Bertz CT molecular complexity index is 1010. The Morgan fingerprint density at radius 3 is 2.53 bits per heavy atom. The van der Waals surface area contributed by atoms with E-state index in [4.69, 9.17) is 14.2 Å². The minimum atomic E-state index is -0.853. The number of anilines is 1. The number of hydrogen-bond acceptors (Lipinski definition) is 7. The van der Waals surface area contributed by atoms with Crippen LogP contribution < -0.4 is 14.8 Å². The molecule has 3 amide bonds. The average Bonchev–Trinajstić information content (AvgIpc) is 2.97. The van der Waals surface area contributed by atoms with Crippen molar-refractivity contribution < 1.29 is 33.0 Å². The summed E-state index contributed by atoms with van der Waals surface area (Å²) in [5.74, 6) is -2.33. The fourth-order valence-electron chi connectivity index (χ4n) is 3.05. The molecule has 1 aromatic carbocycles. The van der Waals surface area contributed by atoms with Crippen LogP contribution in [0.15, 0.2) is 24.3 Å². The molecule has 0 aliphatic carbocycles. The molecule has 0 fully saturated rings. The molecular formula is C20H20FN3O6. The monoisotopic (exact) mass is 417 g/mol. The van der Waals surface area contributed by atoms with Crippen LogP contribution in [0, 0.1) is 5.82 Å². The summed E-state index contributed by atoms with van der Waals surface area (Å²) in [5, 5.41) is 2.46. The third-order valence-corrected chi connectivity index (χ3v) is 4.33. The zero-order valence-electron chi connectivity index (χ0n) is 16.7. The highest BCUT2D eigenvalue weighted by Crippen LogP contribution is 2.33. The standard InChI is InChI=1S/C20H20FN3O6/c1-4-30-18-14(29-3)8-5-11(22-18)9-24-19(26)16-12(21)6-7-13(17(16)20(24)27)23-15(25)10-28-2/h5-8H,4,9-10H2,1-3H3,(H,23,25). The van der Waals surface area contributed by atoms with E-state index in [0.717, 1.165) is 11.0 Å². The molecule has 0 radical (unpaired) electrons. The van der Waals surface area contributed by atoms with Gasteiger partial charge >= 0.3 is 0 Å². The van der Waals surface area contributed by atoms with E-state index in [1.54, 1.807) is 19.1 Å².